The first kappa shape index (κ1) is 8.81. The molecule has 13 heavy (non-hydrogen) atoms. The van der Waals surface area contributed by atoms with Crippen molar-refractivity contribution in [3.8, 4) is 0 Å². The number of piperidine rings is 1. The summed E-state index contributed by atoms with van der Waals surface area (Å²) >= 11 is 0. The highest BCUT2D eigenvalue weighted by Gasteiger charge is 2.46. The van der Waals surface area contributed by atoms with Gasteiger partial charge < -0.3 is 4.90 Å². The van der Waals surface area contributed by atoms with Crippen LogP contribution in [0, 0.1) is 5.92 Å². The van der Waals surface area contributed by atoms with E-state index in [4.69, 9.17) is 4.84 Å². The van der Waals surface area contributed by atoms with Gasteiger partial charge in [-0.2, -0.15) is 0 Å². The molecule has 1 N–H and O–H groups in total. The second-order valence-electron chi connectivity index (χ2n) is 3.74. The Bertz CT molecular complexity index is 208. The van der Waals surface area contributed by atoms with Crippen LogP contribution in [0.2, 0.25) is 0 Å². The van der Waals surface area contributed by atoms with Crippen LogP contribution < -0.4 is 5.48 Å². The fraction of sp³-hybridized carbons (Fsp3) is 0.889. The van der Waals surface area contributed by atoms with Gasteiger partial charge in [0.25, 0.3) is 0 Å². The van der Waals surface area contributed by atoms with Crippen molar-refractivity contribution >= 4 is 6.03 Å². The Kier molecular flexibility index (Phi) is 2.40. The molecule has 1 aliphatic heterocycles. The summed E-state index contributed by atoms with van der Waals surface area (Å²) < 4.78 is 0. The number of hydrogen-bond donors (Lipinski definition) is 1. The van der Waals surface area contributed by atoms with Gasteiger partial charge >= 0.3 is 6.03 Å². The Morgan fingerprint density at radius 3 is 3.31 bits per heavy atom. The summed E-state index contributed by atoms with van der Waals surface area (Å²) in [4.78, 5) is 18.3. The van der Waals surface area contributed by atoms with Crippen molar-refractivity contribution in [1.29, 1.82) is 0 Å². The Labute approximate surface area is 78.2 Å². The highest BCUT2D eigenvalue weighted by Crippen LogP contribution is 2.42. The summed E-state index contributed by atoms with van der Waals surface area (Å²) in [7, 11) is 0. The summed E-state index contributed by atoms with van der Waals surface area (Å²) in [6.07, 6.45) is 3.63. The molecule has 1 saturated carbocycles. The largest absolute Gasteiger partial charge is 0.341 e. The zero-order valence-corrected chi connectivity index (χ0v) is 7.95. The number of urea groups is 1. The highest BCUT2D eigenvalue weighted by atomic mass is 16.7. The number of hydroxylamine groups is 1. The fourth-order valence-corrected chi connectivity index (χ4v) is 2.06. The van der Waals surface area contributed by atoms with Crippen LogP contribution in [0.3, 0.4) is 0 Å². The van der Waals surface area contributed by atoms with Crippen molar-refractivity contribution in [2.45, 2.75) is 32.2 Å². The zero-order valence-electron chi connectivity index (χ0n) is 7.95. The number of carbonyl (C=O) groups is 1. The second kappa shape index (κ2) is 3.54. The summed E-state index contributed by atoms with van der Waals surface area (Å²) in [5.74, 6) is 0.779. The zero-order chi connectivity index (χ0) is 9.26. The third kappa shape index (κ3) is 1.77. The van der Waals surface area contributed by atoms with Gasteiger partial charge in [-0.15, -0.1) is 0 Å². The van der Waals surface area contributed by atoms with E-state index in [2.05, 4.69) is 5.48 Å². The van der Waals surface area contributed by atoms with E-state index >= 15 is 0 Å². The number of carbonyl (C=O) groups excluding carboxylic acids is 1. The van der Waals surface area contributed by atoms with E-state index in [-0.39, 0.29) is 6.03 Å². The van der Waals surface area contributed by atoms with E-state index in [1.54, 1.807) is 0 Å². The molecule has 0 spiro atoms. The van der Waals surface area contributed by atoms with E-state index in [0.717, 1.165) is 18.9 Å². The second-order valence-corrected chi connectivity index (χ2v) is 3.74. The van der Waals surface area contributed by atoms with Gasteiger partial charge in [-0.25, -0.2) is 10.3 Å². The molecular formula is C9H16N2O2. The van der Waals surface area contributed by atoms with E-state index < -0.39 is 0 Å². The lowest BCUT2D eigenvalue weighted by Gasteiger charge is -2.26. The molecule has 2 rings (SSSR count). The Morgan fingerprint density at radius 1 is 1.69 bits per heavy atom. The number of fused-ring (bicyclic) bond motifs is 1. The average molecular weight is 184 g/mol. The van der Waals surface area contributed by atoms with Gasteiger partial charge in [-0.05, 0) is 32.1 Å². The van der Waals surface area contributed by atoms with Crippen LogP contribution >= 0.6 is 0 Å². The molecule has 1 aliphatic carbocycles. The minimum atomic E-state index is -0.0611. The number of nitrogens with one attached hydrogen (secondary N) is 1. The Hall–Kier alpha value is -0.770. The van der Waals surface area contributed by atoms with E-state index in [1.807, 2.05) is 11.8 Å². The van der Waals surface area contributed by atoms with Crippen LogP contribution in [0.4, 0.5) is 4.79 Å². The van der Waals surface area contributed by atoms with Gasteiger partial charge in [0, 0.05) is 12.6 Å². The average Bonchev–Trinajstić information content (AvgIpc) is 2.92. The monoisotopic (exact) mass is 184 g/mol. The number of nitrogens with zero attached hydrogens (tertiary/aromatic N) is 1. The summed E-state index contributed by atoms with van der Waals surface area (Å²) in [6, 6.07) is 0.447. The third-order valence-electron chi connectivity index (χ3n) is 2.82. The van der Waals surface area contributed by atoms with Crippen molar-refractivity contribution in [1.82, 2.24) is 10.4 Å². The molecule has 0 aromatic heterocycles. The predicted octanol–water partition coefficient (Wildman–Crippen LogP) is 1.13. The number of likely N-dealkylation sites (tertiary alicyclic amines) is 1. The van der Waals surface area contributed by atoms with Crippen LogP contribution in [-0.2, 0) is 4.84 Å². The van der Waals surface area contributed by atoms with Gasteiger partial charge in [0.15, 0.2) is 0 Å². The maximum atomic E-state index is 11.5. The Morgan fingerprint density at radius 2 is 2.54 bits per heavy atom. The first-order valence-corrected chi connectivity index (χ1v) is 5.01. The predicted molar refractivity (Wildman–Crippen MR) is 48.0 cm³/mol. The molecule has 0 radical (unpaired) electrons. The Balaban J connectivity index is 1.82. The van der Waals surface area contributed by atoms with Crippen LogP contribution in [0.5, 0.6) is 0 Å². The molecule has 1 saturated heterocycles. The van der Waals surface area contributed by atoms with Gasteiger partial charge in [-0.3, -0.25) is 4.84 Å². The molecule has 0 aromatic carbocycles. The molecule has 4 heteroatoms. The molecular weight excluding hydrogens is 168 g/mol. The number of rotatable bonds is 2. The maximum Gasteiger partial charge on any atom is 0.341 e. The van der Waals surface area contributed by atoms with E-state index in [0.29, 0.717) is 12.6 Å². The van der Waals surface area contributed by atoms with E-state index in [9.17, 15) is 4.79 Å². The number of amides is 2. The third-order valence-corrected chi connectivity index (χ3v) is 2.82. The summed E-state index contributed by atoms with van der Waals surface area (Å²) in [5.41, 5.74) is 2.45. The lowest BCUT2D eigenvalue weighted by Crippen LogP contribution is -2.44. The van der Waals surface area contributed by atoms with Gasteiger partial charge in [0.05, 0.1) is 6.61 Å². The van der Waals surface area contributed by atoms with Gasteiger partial charge in [0.1, 0.15) is 0 Å². The maximum absolute atomic E-state index is 11.5. The van der Waals surface area contributed by atoms with Crippen molar-refractivity contribution < 1.29 is 9.63 Å². The summed E-state index contributed by atoms with van der Waals surface area (Å²) in [6.45, 7) is 3.27. The standard InChI is InChI=1S/C9H16N2O2/c1-2-13-10-9(12)11-5-3-4-7-6-8(7)11/h7-8H,2-6H2,1H3,(H,10,12). The van der Waals surface area contributed by atoms with E-state index in [1.165, 1.54) is 12.8 Å². The lowest BCUT2D eigenvalue weighted by molar-refractivity contribution is 0.0519. The molecule has 0 bridgehead atoms. The minimum absolute atomic E-state index is 0.0611. The minimum Gasteiger partial charge on any atom is -0.320 e. The molecule has 2 unspecified atom stereocenters. The molecule has 2 aliphatic rings. The first-order valence-electron chi connectivity index (χ1n) is 5.01. The lowest BCUT2D eigenvalue weighted by atomic mass is 10.1. The molecule has 74 valence electrons. The first-order chi connectivity index (χ1) is 6.33. The fourth-order valence-electron chi connectivity index (χ4n) is 2.06. The smallest absolute Gasteiger partial charge is 0.320 e. The molecule has 2 atom stereocenters. The molecule has 0 aromatic rings. The van der Waals surface area contributed by atoms with Crippen molar-refractivity contribution in [3.05, 3.63) is 0 Å². The van der Waals surface area contributed by atoms with Crippen LogP contribution in [-0.4, -0.2) is 30.1 Å². The normalized spacial score (nSPS) is 31.0. The quantitative estimate of drug-likeness (QED) is 0.654. The van der Waals surface area contributed by atoms with Crippen LogP contribution in [0.15, 0.2) is 0 Å². The molecule has 2 amide bonds. The topological polar surface area (TPSA) is 41.6 Å². The van der Waals surface area contributed by atoms with Gasteiger partial charge in [0.2, 0.25) is 0 Å². The molecule has 2 fully saturated rings. The van der Waals surface area contributed by atoms with Crippen LogP contribution in [0.1, 0.15) is 26.2 Å². The van der Waals surface area contributed by atoms with Crippen molar-refractivity contribution in [3.63, 3.8) is 0 Å². The van der Waals surface area contributed by atoms with Crippen molar-refractivity contribution in [2.75, 3.05) is 13.2 Å². The van der Waals surface area contributed by atoms with Gasteiger partial charge in [-0.1, -0.05) is 0 Å². The molecule has 1 heterocycles. The SMILES string of the molecule is CCONC(=O)N1CCCC2CC21. The van der Waals surface area contributed by atoms with Crippen LogP contribution in [0.25, 0.3) is 0 Å². The molecule has 4 nitrogen and oxygen atoms in total. The van der Waals surface area contributed by atoms with Crippen molar-refractivity contribution in [2.24, 2.45) is 5.92 Å². The highest BCUT2D eigenvalue weighted by molar-refractivity contribution is 5.74. The number of hydrogen-bond acceptors (Lipinski definition) is 2. The summed E-state index contributed by atoms with van der Waals surface area (Å²) in [5, 5.41) is 0.